The van der Waals surface area contributed by atoms with Gasteiger partial charge in [-0.1, -0.05) is 31.0 Å². The number of carbonyl (C=O) groups excluding carboxylic acids is 2. The molecule has 21 heavy (non-hydrogen) atoms. The van der Waals surface area contributed by atoms with Crippen LogP contribution in [-0.4, -0.2) is 22.4 Å². The van der Waals surface area contributed by atoms with Crippen LogP contribution in [0.3, 0.4) is 0 Å². The predicted octanol–water partition coefficient (Wildman–Crippen LogP) is 3.46. The zero-order chi connectivity index (χ0) is 16.0. The number of aryl methyl sites for hydroxylation is 1. The molecular formula is C17H26N2O2. The maximum Gasteiger partial charge on any atom is 0.272 e. The number of carbonyl (C=O) groups is 2. The van der Waals surface area contributed by atoms with Crippen LogP contribution in [0.15, 0.2) is 24.3 Å². The van der Waals surface area contributed by atoms with Crippen LogP contribution in [0, 0.1) is 6.92 Å². The number of nitrogens with zero attached hydrogens (tertiary/aromatic N) is 1. The molecule has 1 N–H and O–H groups in total. The molecule has 0 radical (unpaired) electrons. The van der Waals surface area contributed by atoms with Gasteiger partial charge < -0.3 is 0 Å². The topological polar surface area (TPSA) is 49.4 Å². The summed E-state index contributed by atoms with van der Waals surface area (Å²) >= 11 is 0. The predicted molar refractivity (Wildman–Crippen MR) is 84.8 cm³/mol. The van der Waals surface area contributed by atoms with Gasteiger partial charge in [-0.3, -0.25) is 15.0 Å². The smallest absolute Gasteiger partial charge is 0.272 e. The number of hydrazine groups is 1. The average Bonchev–Trinajstić information content (AvgIpc) is 2.40. The third-order valence-electron chi connectivity index (χ3n) is 3.13. The lowest BCUT2D eigenvalue weighted by Crippen LogP contribution is -2.55. The van der Waals surface area contributed by atoms with Gasteiger partial charge in [0.2, 0.25) is 5.91 Å². The second kappa shape index (κ2) is 7.25. The van der Waals surface area contributed by atoms with E-state index in [1.165, 1.54) is 5.01 Å². The van der Waals surface area contributed by atoms with Crippen molar-refractivity contribution in [3.05, 3.63) is 35.4 Å². The molecule has 0 unspecified atom stereocenters. The summed E-state index contributed by atoms with van der Waals surface area (Å²) in [5.74, 6) is -0.302. The Morgan fingerprint density at radius 3 is 2.43 bits per heavy atom. The minimum absolute atomic E-state index is 0.118. The van der Waals surface area contributed by atoms with Gasteiger partial charge in [0, 0.05) is 12.0 Å². The Labute approximate surface area is 127 Å². The van der Waals surface area contributed by atoms with Gasteiger partial charge in [0.25, 0.3) is 5.91 Å². The lowest BCUT2D eigenvalue weighted by atomic mass is 10.1. The third-order valence-corrected chi connectivity index (χ3v) is 3.13. The number of rotatable bonds is 4. The molecule has 0 aliphatic carbocycles. The Morgan fingerprint density at radius 2 is 1.90 bits per heavy atom. The Morgan fingerprint density at radius 1 is 1.24 bits per heavy atom. The molecule has 0 aliphatic rings. The van der Waals surface area contributed by atoms with Crippen molar-refractivity contribution in [1.29, 1.82) is 0 Å². The Balaban J connectivity index is 2.93. The molecule has 0 saturated heterocycles. The van der Waals surface area contributed by atoms with Crippen LogP contribution in [0.1, 0.15) is 62.9 Å². The summed E-state index contributed by atoms with van der Waals surface area (Å²) in [6.07, 6.45) is 2.21. The Hall–Kier alpha value is -1.84. The first-order valence-electron chi connectivity index (χ1n) is 7.46. The van der Waals surface area contributed by atoms with Gasteiger partial charge >= 0.3 is 0 Å². The van der Waals surface area contributed by atoms with E-state index in [1.807, 2.05) is 52.8 Å². The number of unbranched alkanes of at least 4 members (excludes halogenated alkanes) is 1. The van der Waals surface area contributed by atoms with Crippen molar-refractivity contribution in [3.63, 3.8) is 0 Å². The van der Waals surface area contributed by atoms with Crippen LogP contribution in [0.4, 0.5) is 0 Å². The van der Waals surface area contributed by atoms with E-state index in [4.69, 9.17) is 0 Å². The molecule has 4 nitrogen and oxygen atoms in total. The largest absolute Gasteiger partial charge is 0.273 e. The SMILES string of the molecule is CCCCC(=O)NN(C(=O)c1cccc(C)c1)C(C)(C)C. The standard InChI is InChI=1S/C17H26N2O2/c1-6-7-11-15(20)18-19(17(3,4)5)16(21)14-10-8-9-13(2)12-14/h8-10,12H,6-7,11H2,1-5H3,(H,18,20). The summed E-state index contributed by atoms with van der Waals surface area (Å²) in [5, 5.41) is 1.43. The molecular weight excluding hydrogens is 264 g/mol. The molecule has 0 aromatic heterocycles. The number of hydrogen-bond donors (Lipinski definition) is 1. The molecule has 4 heteroatoms. The van der Waals surface area contributed by atoms with Crippen LogP contribution in [0.2, 0.25) is 0 Å². The fourth-order valence-corrected chi connectivity index (χ4v) is 1.95. The normalized spacial score (nSPS) is 11.1. The molecule has 0 aliphatic heterocycles. The first-order valence-corrected chi connectivity index (χ1v) is 7.46. The average molecular weight is 290 g/mol. The van der Waals surface area contributed by atoms with Crippen molar-refractivity contribution in [2.24, 2.45) is 0 Å². The molecule has 0 bridgehead atoms. The summed E-state index contributed by atoms with van der Waals surface area (Å²) < 4.78 is 0. The van der Waals surface area contributed by atoms with Gasteiger partial charge in [-0.25, -0.2) is 5.01 Å². The van der Waals surface area contributed by atoms with E-state index < -0.39 is 5.54 Å². The highest BCUT2D eigenvalue weighted by atomic mass is 16.2. The van der Waals surface area contributed by atoms with Gasteiger partial charge in [0.05, 0.1) is 5.54 Å². The highest BCUT2D eigenvalue weighted by Gasteiger charge is 2.29. The number of hydrogen-bond acceptors (Lipinski definition) is 2. The van der Waals surface area contributed by atoms with Gasteiger partial charge in [-0.2, -0.15) is 0 Å². The summed E-state index contributed by atoms with van der Waals surface area (Å²) in [6, 6.07) is 7.39. The lowest BCUT2D eigenvalue weighted by Gasteiger charge is -2.35. The molecule has 0 saturated carbocycles. The zero-order valence-electron chi connectivity index (χ0n) is 13.7. The van der Waals surface area contributed by atoms with E-state index in [2.05, 4.69) is 5.43 Å². The minimum Gasteiger partial charge on any atom is -0.273 e. The maximum atomic E-state index is 12.7. The number of benzene rings is 1. The molecule has 0 spiro atoms. The monoisotopic (exact) mass is 290 g/mol. The van der Waals surface area contributed by atoms with Crippen LogP contribution < -0.4 is 5.43 Å². The van der Waals surface area contributed by atoms with E-state index in [9.17, 15) is 9.59 Å². The molecule has 1 rings (SSSR count). The molecule has 0 heterocycles. The van der Waals surface area contributed by atoms with Crippen LogP contribution in [-0.2, 0) is 4.79 Å². The molecule has 1 aromatic rings. The van der Waals surface area contributed by atoms with E-state index in [1.54, 1.807) is 6.07 Å². The van der Waals surface area contributed by atoms with Gasteiger partial charge in [0.1, 0.15) is 0 Å². The first-order chi connectivity index (χ1) is 9.75. The fraction of sp³-hybridized carbons (Fsp3) is 0.529. The molecule has 0 fully saturated rings. The second-order valence-corrected chi connectivity index (χ2v) is 6.32. The van der Waals surface area contributed by atoms with Crippen molar-refractivity contribution >= 4 is 11.8 Å². The molecule has 2 amide bonds. The van der Waals surface area contributed by atoms with E-state index in [0.29, 0.717) is 12.0 Å². The van der Waals surface area contributed by atoms with Crippen molar-refractivity contribution in [3.8, 4) is 0 Å². The zero-order valence-corrected chi connectivity index (χ0v) is 13.7. The van der Waals surface area contributed by atoms with Crippen molar-refractivity contribution in [2.75, 3.05) is 0 Å². The third kappa shape index (κ3) is 5.21. The Kier molecular flexibility index (Phi) is 5.94. The first kappa shape index (κ1) is 17.2. The summed E-state index contributed by atoms with van der Waals surface area (Å²) in [7, 11) is 0. The highest BCUT2D eigenvalue weighted by molar-refractivity contribution is 5.96. The van der Waals surface area contributed by atoms with Crippen LogP contribution >= 0.6 is 0 Å². The number of amides is 2. The fourth-order valence-electron chi connectivity index (χ4n) is 1.95. The van der Waals surface area contributed by atoms with E-state index in [-0.39, 0.29) is 11.8 Å². The molecule has 0 atom stereocenters. The van der Waals surface area contributed by atoms with E-state index >= 15 is 0 Å². The maximum absolute atomic E-state index is 12.7. The minimum atomic E-state index is -0.483. The quantitative estimate of drug-likeness (QED) is 0.863. The van der Waals surface area contributed by atoms with Gasteiger partial charge in [-0.15, -0.1) is 0 Å². The summed E-state index contributed by atoms with van der Waals surface area (Å²) in [6.45, 7) is 9.69. The second-order valence-electron chi connectivity index (χ2n) is 6.32. The highest BCUT2D eigenvalue weighted by Crippen LogP contribution is 2.16. The van der Waals surface area contributed by atoms with E-state index in [0.717, 1.165) is 18.4 Å². The lowest BCUT2D eigenvalue weighted by molar-refractivity contribution is -0.127. The van der Waals surface area contributed by atoms with Crippen molar-refractivity contribution in [2.45, 2.75) is 59.4 Å². The van der Waals surface area contributed by atoms with Gasteiger partial charge in [-0.05, 0) is 46.2 Å². The van der Waals surface area contributed by atoms with Crippen molar-refractivity contribution in [1.82, 2.24) is 10.4 Å². The van der Waals surface area contributed by atoms with Crippen LogP contribution in [0.5, 0.6) is 0 Å². The van der Waals surface area contributed by atoms with Crippen LogP contribution in [0.25, 0.3) is 0 Å². The molecule has 1 aromatic carbocycles. The molecule has 116 valence electrons. The van der Waals surface area contributed by atoms with Gasteiger partial charge in [0.15, 0.2) is 0 Å². The summed E-state index contributed by atoms with van der Waals surface area (Å²) in [5.41, 5.74) is 3.88. The summed E-state index contributed by atoms with van der Waals surface area (Å²) in [4.78, 5) is 24.6. The van der Waals surface area contributed by atoms with Crippen molar-refractivity contribution < 1.29 is 9.59 Å². The number of nitrogens with one attached hydrogen (secondary N) is 1. The Bertz CT molecular complexity index is 504.